The molecule has 1 aromatic carbocycles. The van der Waals surface area contributed by atoms with Crippen molar-refractivity contribution in [2.75, 3.05) is 7.11 Å². The minimum Gasteiger partial charge on any atom is -0.496 e. The highest BCUT2D eigenvalue weighted by molar-refractivity contribution is 5.61. The van der Waals surface area contributed by atoms with E-state index in [9.17, 15) is 0 Å². The van der Waals surface area contributed by atoms with Gasteiger partial charge in [-0.1, -0.05) is 20.8 Å². The Morgan fingerprint density at radius 2 is 2.00 bits per heavy atom. The van der Waals surface area contributed by atoms with Crippen molar-refractivity contribution < 1.29 is 9.15 Å². The number of hydrogen-bond donors (Lipinski definition) is 1. The topological polar surface area (TPSA) is 61.3 Å². The van der Waals surface area contributed by atoms with Gasteiger partial charge in [-0.2, -0.15) is 0 Å². The third-order valence-corrected chi connectivity index (χ3v) is 3.21. The monoisotopic (exact) mass is 274 g/mol. The number of nitrogens with zero attached hydrogens (tertiary/aromatic N) is 1. The smallest absolute Gasteiger partial charge is 0.211 e. The molecule has 2 aromatic rings. The maximum absolute atomic E-state index is 5.77. The molecule has 0 amide bonds. The zero-order chi connectivity index (χ0) is 14.9. The first-order valence-corrected chi connectivity index (χ1v) is 6.73. The molecule has 0 saturated carbocycles. The third-order valence-electron chi connectivity index (χ3n) is 3.21. The van der Waals surface area contributed by atoms with Crippen molar-refractivity contribution in [2.24, 2.45) is 5.73 Å². The highest BCUT2D eigenvalue weighted by Crippen LogP contribution is 2.35. The first-order valence-electron chi connectivity index (χ1n) is 6.73. The minimum atomic E-state index is -0.205. The first kappa shape index (κ1) is 14.6. The van der Waals surface area contributed by atoms with Gasteiger partial charge in [-0.05, 0) is 30.5 Å². The summed E-state index contributed by atoms with van der Waals surface area (Å²) in [6.07, 6.45) is 1.72. The summed E-state index contributed by atoms with van der Waals surface area (Å²) in [6, 6.07) is 5.82. The second-order valence-corrected chi connectivity index (χ2v) is 6.02. The molecular formula is C16H22N2O2. The molecule has 0 aliphatic heterocycles. The highest BCUT2D eigenvalue weighted by Gasteiger charge is 2.20. The molecule has 0 saturated heterocycles. The molecule has 0 spiro atoms. The van der Waals surface area contributed by atoms with E-state index in [1.807, 2.05) is 19.1 Å². The van der Waals surface area contributed by atoms with Crippen LogP contribution in [0.4, 0.5) is 0 Å². The minimum absolute atomic E-state index is 0.00857. The predicted molar refractivity (Wildman–Crippen MR) is 79.8 cm³/mol. The third kappa shape index (κ3) is 2.85. The van der Waals surface area contributed by atoms with Crippen LogP contribution >= 0.6 is 0 Å². The molecule has 108 valence electrons. The van der Waals surface area contributed by atoms with Crippen molar-refractivity contribution in [2.45, 2.75) is 39.2 Å². The van der Waals surface area contributed by atoms with Gasteiger partial charge < -0.3 is 14.9 Å². The number of methoxy groups -OCH3 is 1. The van der Waals surface area contributed by atoms with Crippen LogP contribution < -0.4 is 10.5 Å². The number of hydrogen-bond acceptors (Lipinski definition) is 4. The van der Waals surface area contributed by atoms with Crippen LogP contribution in [-0.4, -0.2) is 12.1 Å². The van der Waals surface area contributed by atoms with Crippen LogP contribution in [0.15, 0.2) is 28.8 Å². The molecule has 0 aliphatic carbocycles. The van der Waals surface area contributed by atoms with Gasteiger partial charge in [-0.3, -0.25) is 0 Å². The Hall–Kier alpha value is -1.81. The molecule has 0 aliphatic rings. The van der Waals surface area contributed by atoms with Gasteiger partial charge in [0.1, 0.15) is 5.75 Å². The summed E-state index contributed by atoms with van der Waals surface area (Å²) in [5.41, 5.74) is 7.88. The van der Waals surface area contributed by atoms with E-state index in [0.29, 0.717) is 5.89 Å². The quantitative estimate of drug-likeness (QED) is 0.927. The van der Waals surface area contributed by atoms with Crippen molar-refractivity contribution in [1.82, 2.24) is 4.98 Å². The summed E-state index contributed by atoms with van der Waals surface area (Å²) in [6.45, 7) is 8.32. The van der Waals surface area contributed by atoms with Gasteiger partial charge in [-0.25, -0.2) is 4.98 Å². The maximum Gasteiger partial charge on any atom is 0.211 e. The maximum atomic E-state index is 5.77. The summed E-state index contributed by atoms with van der Waals surface area (Å²) in [7, 11) is 1.69. The number of nitrogens with two attached hydrogens (primary N) is 1. The van der Waals surface area contributed by atoms with Crippen LogP contribution in [0.25, 0.3) is 11.3 Å². The fourth-order valence-electron chi connectivity index (χ4n) is 2.08. The molecule has 2 N–H and O–H groups in total. The number of aromatic nitrogens is 1. The van der Waals surface area contributed by atoms with Crippen LogP contribution in [-0.2, 0) is 5.41 Å². The molecule has 4 nitrogen and oxygen atoms in total. The average Bonchev–Trinajstić information content (AvgIpc) is 2.86. The molecule has 4 heteroatoms. The molecule has 20 heavy (non-hydrogen) atoms. The van der Waals surface area contributed by atoms with Crippen molar-refractivity contribution in [1.29, 1.82) is 0 Å². The molecule has 1 unspecified atom stereocenters. The predicted octanol–water partition coefficient (Wildman–Crippen LogP) is 3.67. The van der Waals surface area contributed by atoms with Gasteiger partial charge in [-0.15, -0.1) is 0 Å². The molecule has 0 fully saturated rings. The number of ether oxygens (including phenoxy) is 1. The molecule has 2 rings (SSSR count). The van der Waals surface area contributed by atoms with E-state index in [1.165, 1.54) is 0 Å². The van der Waals surface area contributed by atoms with Crippen LogP contribution in [0, 0.1) is 0 Å². The van der Waals surface area contributed by atoms with E-state index < -0.39 is 0 Å². The fraction of sp³-hybridized carbons (Fsp3) is 0.438. The Kier molecular flexibility index (Phi) is 3.86. The van der Waals surface area contributed by atoms with Gasteiger partial charge in [0.2, 0.25) is 5.89 Å². The van der Waals surface area contributed by atoms with E-state index in [1.54, 1.807) is 13.3 Å². The van der Waals surface area contributed by atoms with E-state index >= 15 is 0 Å². The van der Waals surface area contributed by atoms with Crippen molar-refractivity contribution in [3.05, 3.63) is 35.9 Å². The SMILES string of the molecule is COc1ccc(-c2cnc(C(C)N)o2)cc1C(C)(C)C. The van der Waals surface area contributed by atoms with Crippen molar-refractivity contribution in [3.63, 3.8) is 0 Å². The molecule has 1 aromatic heterocycles. The Balaban J connectivity index is 2.47. The lowest BCUT2D eigenvalue weighted by atomic mass is 9.85. The van der Waals surface area contributed by atoms with Gasteiger partial charge in [0.15, 0.2) is 5.76 Å². The zero-order valence-electron chi connectivity index (χ0n) is 12.7. The number of rotatable bonds is 3. The van der Waals surface area contributed by atoms with Crippen LogP contribution in [0.1, 0.15) is 45.2 Å². The van der Waals surface area contributed by atoms with Gasteiger partial charge in [0.25, 0.3) is 0 Å². The van der Waals surface area contributed by atoms with E-state index in [2.05, 4.69) is 31.8 Å². The lowest BCUT2D eigenvalue weighted by molar-refractivity contribution is 0.397. The Labute approximate surface area is 120 Å². The van der Waals surface area contributed by atoms with Gasteiger partial charge in [0, 0.05) is 11.1 Å². The molecule has 1 heterocycles. The lowest BCUT2D eigenvalue weighted by Crippen LogP contribution is -2.12. The second-order valence-electron chi connectivity index (χ2n) is 6.02. The Bertz CT molecular complexity index is 595. The van der Waals surface area contributed by atoms with Crippen LogP contribution in [0.2, 0.25) is 0 Å². The summed E-state index contributed by atoms with van der Waals surface area (Å²) >= 11 is 0. The van der Waals surface area contributed by atoms with E-state index in [-0.39, 0.29) is 11.5 Å². The van der Waals surface area contributed by atoms with Gasteiger partial charge >= 0.3 is 0 Å². The highest BCUT2D eigenvalue weighted by atomic mass is 16.5. The Morgan fingerprint density at radius 1 is 1.30 bits per heavy atom. The van der Waals surface area contributed by atoms with Crippen LogP contribution in [0.3, 0.4) is 0 Å². The molecular weight excluding hydrogens is 252 g/mol. The average molecular weight is 274 g/mol. The number of oxazole rings is 1. The second kappa shape index (κ2) is 5.29. The zero-order valence-corrected chi connectivity index (χ0v) is 12.7. The first-order chi connectivity index (χ1) is 9.32. The van der Waals surface area contributed by atoms with Crippen LogP contribution in [0.5, 0.6) is 5.75 Å². The van der Waals surface area contributed by atoms with Crippen molar-refractivity contribution in [3.8, 4) is 17.1 Å². The summed E-state index contributed by atoms with van der Waals surface area (Å²) in [5, 5.41) is 0. The summed E-state index contributed by atoms with van der Waals surface area (Å²) in [4.78, 5) is 4.20. The fourth-order valence-corrected chi connectivity index (χ4v) is 2.08. The van der Waals surface area contributed by atoms with E-state index in [0.717, 1.165) is 22.6 Å². The Morgan fingerprint density at radius 3 is 2.50 bits per heavy atom. The van der Waals surface area contributed by atoms with E-state index in [4.69, 9.17) is 14.9 Å². The largest absolute Gasteiger partial charge is 0.496 e. The van der Waals surface area contributed by atoms with Crippen molar-refractivity contribution >= 4 is 0 Å². The van der Waals surface area contributed by atoms with Gasteiger partial charge in [0.05, 0.1) is 19.3 Å². The molecule has 1 atom stereocenters. The number of benzene rings is 1. The standard InChI is InChI=1S/C16H22N2O2/c1-10(17)15-18-9-14(20-15)11-6-7-13(19-5)12(8-11)16(2,3)4/h6-10H,17H2,1-5H3. The summed E-state index contributed by atoms with van der Waals surface area (Å²) in [5.74, 6) is 2.16. The summed E-state index contributed by atoms with van der Waals surface area (Å²) < 4.78 is 11.1. The molecule has 0 radical (unpaired) electrons. The molecule has 0 bridgehead atoms. The normalized spacial score (nSPS) is 13.3. The lowest BCUT2D eigenvalue weighted by Gasteiger charge is -2.22.